The SMILES string of the molecule is CN(Cc1ccco1)C(=O)c1ccc(S(=O)(=O)NCCC#N)cc1. The molecule has 0 radical (unpaired) electrons. The molecule has 0 spiro atoms. The van der Waals surface area contributed by atoms with Gasteiger partial charge in [0.15, 0.2) is 0 Å². The molecule has 1 aromatic heterocycles. The molecule has 0 saturated heterocycles. The van der Waals surface area contributed by atoms with E-state index in [1.165, 1.54) is 35.4 Å². The zero-order valence-corrected chi connectivity index (χ0v) is 13.9. The molecule has 7 nitrogen and oxygen atoms in total. The van der Waals surface area contributed by atoms with Crippen LogP contribution in [0.15, 0.2) is 52.0 Å². The van der Waals surface area contributed by atoms with Gasteiger partial charge in [-0.3, -0.25) is 4.79 Å². The fourth-order valence-corrected chi connectivity index (χ4v) is 3.06. The summed E-state index contributed by atoms with van der Waals surface area (Å²) < 4.78 is 31.5. The summed E-state index contributed by atoms with van der Waals surface area (Å²) in [6, 6.07) is 11.0. The lowest BCUT2D eigenvalue weighted by molar-refractivity contribution is 0.0775. The number of carbonyl (C=O) groups is 1. The van der Waals surface area contributed by atoms with Crippen LogP contribution in [-0.2, 0) is 16.6 Å². The summed E-state index contributed by atoms with van der Waals surface area (Å²) in [4.78, 5) is 13.9. The first kappa shape index (κ1) is 17.7. The Morgan fingerprint density at radius 1 is 1.29 bits per heavy atom. The van der Waals surface area contributed by atoms with Crippen molar-refractivity contribution in [2.24, 2.45) is 0 Å². The smallest absolute Gasteiger partial charge is 0.254 e. The molecule has 8 heteroatoms. The van der Waals surface area contributed by atoms with E-state index in [1.807, 2.05) is 6.07 Å². The highest BCUT2D eigenvalue weighted by Crippen LogP contribution is 2.13. The van der Waals surface area contributed by atoms with Gasteiger partial charge < -0.3 is 9.32 Å². The number of nitrogens with one attached hydrogen (secondary N) is 1. The summed E-state index contributed by atoms with van der Waals surface area (Å²) in [5, 5.41) is 8.44. The van der Waals surface area contributed by atoms with Gasteiger partial charge in [-0.2, -0.15) is 5.26 Å². The van der Waals surface area contributed by atoms with Gasteiger partial charge in [0, 0.05) is 25.6 Å². The molecule has 0 aliphatic carbocycles. The summed E-state index contributed by atoms with van der Waals surface area (Å²) in [5.74, 6) is 0.416. The number of benzene rings is 1. The second kappa shape index (κ2) is 7.77. The van der Waals surface area contributed by atoms with Gasteiger partial charge in [0.2, 0.25) is 10.0 Å². The van der Waals surface area contributed by atoms with Crippen LogP contribution in [0.4, 0.5) is 0 Å². The van der Waals surface area contributed by atoms with E-state index in [0.29, 0.717) is 17.9 Å². The second-order valence-electron chi connectivity index (χ2n) is 5.07. The minimum Gasteiger partial charge on any atom is -0.467 e. The highest BCUT2D eigenvalue weighted by Gasteiger charge is 2.16. The maximum Gasteiger partial charge on any atom is 0.254 e. The third kappa shape index (κ3) is 4.44. The quantitative estimate of drug-likeness (QED) is 0.769. The van der Waals surface area contributed by atoms with Crippen molar-refractivity contribution in [3.63, 3.8) is 0 Å². The van der Waals surface area contributed by atoms with Gasteiger partial charge >= 0.3 is 0 Å². The molecular formula is C16H17N3O4S. The van der Waals surface area contributed by atoms with Crippen molar-refractivity contribution < 1.29 is 17.6 Å². The third-order valence-electron chi connectivity index (χ3n) is 3.26. The number of hydrogen-bond acceptors (Lipinski definition) is 5. The van der Waals surface area contributed by atoms with Crippen molar-refractivity contribution in [3.05, 3.63) is 54.0 Å². The molecule has 0 saturated carbocycles. The molecule has 0 fully saturated rings. The second-order valence-corrected chi connectivity index (χ2v) is 6.84. The molecule has 0 atom stereocenters. The fraction of sp³-hybridized carbons (Fsp3) is 0.250. The average molecular weight is 347 g/mol. The molecule has 1 N–H and O–H groups in total. The third-order valence-corrected chi connectivity index (χ3v) is 4.74. The van der Waals surface area contributed by atoms with E-state index in [4.69, 9.17) is 9.68 Å². The lowest BCUT2D eigenvalue weighted by Crippen LogP contribution is -2.26. The first-order valence-electron chi connectivity index (χ1n) is 7.18. The zero-order valence-electron chi connectivity index (χ0n) is 13.1. The molecule has 0 aliphatic rings. The minimum absolute atomic E-state index is 0.0469. The van der Waals surface area contributed by atoms with Crippen LogP contribution in [-0.4, -0.2) is 32.8 Å². The van der Waals surface area contributed by atoms with Gasteiger partial charge in [-0.05, 0) is 36.4 Å². The van der Waals surface area contributed by atoms with E-state index in [0.717, 1.165) is 0 Å². The molecule has 2 rings (SSSR count). The summed E-state index contributed by atoms with van der Waals surface area (Å²) >= 11 is 0. The Hall–Kier alpha value is -2.63. The largest absolute Gasteiger partial charge is 0.467 e. The Balaban J connectivity index is 2.05. The first-order chi connectivity index (χ1) is 11.4. The number of carbonyl (C=O) groups excluding carboxylic acids is 1. The highest BCUT2D eigenvalue weighted by atomic mass is 32.2. The van der Waals surface area contributed by atoms with Gasteiger partial charge in [-0.15, -0.1) is 0 Å². The van der Waals surface area contributed by atoms with Crippen molar-refractivity contribution >= 4 is 15.9 Å². The molecule has 1 heterocycles. The normalized spacial score (nSPS) is 11.0. The molecule has 0 aliphatic heterocycles. The summed E-state index contributed by atoms with van der Waals surface area (Å²) in [5.41, 5.74) is 0.375. The molecule has 24 heavy (non-hydrogen) atoms. The van der Waals surface area contributed by atoms with Crippen molar-refractivity contribution in [1.82, 2.24) is 9.62 Å². The number of amides is 1. The van der Waals surface area contributed by atoms with Crippen LogP contribution in [0.5, 0.6) is 0 Å². The van der Waals surface area contributed by atoms with Gasteiger partial charge in [-0.25, -0.2) is 13.1 Å². The maximum absolute atomic E-state index is 12.3. The number of furan rings is 1. The Morgan fingerprint density at radius 3 is 2.58 bits per heavy atom. The monoisotopic (exact) mass is 347 g/mol. The molecular weight excluding hydrogens is 330 g/mol. The fourth-order valence-electron chi connectivity index (χ4n) is 2.03. The van der Waals surface area contributed by atoms with Crippen LogP contribution < -0.4 is 4.72 Å². The topological polar surface area (TPSA) is 103 Å². The van der Waals surface area contributed by atoms with Gasteiger partial charge in [-0.1, -0.05) is 0 Å². The Labute approximate surface area is 140 Å². The lowest BCUT2D eigenvalue weighted by Gasteiger charge is -2.16. The summed E-state index contributed by atoms with van der Waals surface area (Å²) in [6.07, 6.45) is 1.62. The Kier molecular flexibility index (Phi) is 5.73. The van der Waals surface area contributed by atoms with Crippen molar-refractivity contribution in [2.45, 2.75) is 17.9 Å². The van der Waals surface area contributed by atoms with Crippen LogP contribution >= 0.6 is 0 Å². The van der Waals surface area contributed by atoms with E-state index in [2.05, 4.69) is 4.72 Å². The van der Waals surface area contributed by atoms with Crippen LogP contribution in [0.3, 0.4) is 0 Å². The van der Waals surface area contributed by atoms with E-state index in [1.54, 1.807) is 19.2 Å². The van der Waals surface area contributed by atoms with Gasteiger partial charge in [0.05, 0.1) is 23.8 Å². The highest BCUT2D eigenvalue weighted by molar-refractivity contribution is 7.89. The van der Waals surface area contributed by atoms with Crippen LogP contribution in [0, 0.1) is 11.3 Å². The van der Waals surface area contributed by atoms with Gasteiger partial charge in [0.25, 0.3) is 5.91 Å². The van der Waals surface area contributed by atoms with Crippen molar-refractivity contribution in [1.29, 1.82) is 5.26 Å². The van der Waals surface area contributed by atoms with E-state index >= 15 is 0 Å². The van der Waals surface area contributed by atoms with E-state index in [-0.39, 0.29) is 23.8 Å². The molecule has 126 valence electrons. The molecule has 0 bridgehead atoms. The number of sulfonamides is 1. The van der Waals surface area contributed by atoms with Crippen LogP contribution in [0.25, 0.3) is 0 Å². The van der Waals surface area contributed by atoms with Gasteiger partial charge in [0.1, 0.15) is 5.76 Å². The summed E-state index contributed by atoms with van der Waals surface area (Å²) in [6.45, 7) is 0.368. The van der Waals surface area contributed by atoms with Crippen LogP contribution in [0.2, 0.25) is 0 Å². The molecule has 0 unspecified atom stereocenters. The number of nitrogens with zero attached hydrogens (tertiary/aromatic N) is 2. The summed E-state index contributed by atoms with van der Waals surface area (Å²) in [7, 11) is -2.04. The predicted octanol–water partition coefficient (Wildman–Crippen LogP) is 1.74. The van der Waals surface area contributed by atoms with Crippen molar-refractivity contribution in [2.75, 3.05) is 13.6 Å². The minimum atomic E-state index is -3.68. The Morgan fingerprint density at radius 2 is 2.00 bits per heavy atom. The van der Waals surface area contributed by atoms with E-state index < -0.39 is 10.0 Å². The lowest BCUT2D eigenvalue weighted by atomic mass is 10.2. The number of hydrogen-bond donors (Lipinski definition) is 1. The first-order valence-corrected chi connectivity index (χ1v) is 8.67. The van der Waals surface area contributed by atoms with Crippen LogP contribution in [0.1, 0.15) is 22.5 Å². The average Bonchev–Trinajstić information content (AvgIpc) is 3.07. The molecule has 2 aromatic rings. The molecule has 1 aromatic carbocycles. The Bertz CT molecular complexity index is 821. The molecule has 1 amide bonds. The number of rotatable bonds is 7. The standard InChI is InChI=1S/C16H17N3O4S/c1-19(12-14-4-2-11-23-14)16(20)13-5-7-15(8-6-13)24(21,22)18-10-3-9-17/h2,4-8,11,18H,3,10,12H2,1H3. The maximum atomic E-state index is 12.3. The van der Waals surface area contributed by atoms with E-state index in [9.17, 15) is 13.2 Å². The zero-order chi connectivity index (χ0) is 17.6. The predicted molar refractivity (Wildman–Crippen MR) is 86.4 cm³/mol. The van der Waals surface area contributed by atoms with Crippen molar-refractivity contribution in [3.8, 4) is 6.07 Å². The number of nitriles is 1.